The molecule has 1 saturated heterocycles. The fraction of sp³-hybridized carbons (Fsp3) is 0.300. The number of hydrogen-bond donors (Lipinski definition) is 3. The number of amides is 3. The molecule has 3 atom stereocenters. The van der Waals surface area contributed by atoms with Gasteiger partial charge in [0.05, 0.1) is 4.92 Å². The second kappa shape index (κ2) is 12.4. The lowest BCUT2D eigenvalue weighted by Gasteiger charge is -2.43. The molecule has 0 aliphatic carbocycles. The van der Waals surface area contributed by atoms with Gasteiger partial charge in [-0.05, 0) is 56.2 Å². The summed E-state index contributed by atoms with van der Waals surface area (Å²) in [4.78, 5) is 53.0. The Balaban J connectivity index is 1.74. The van der Waals surface area contributed by atoms with E-state index in [4.69, 9.17) is 4.74 Å². The van der Waals surface area contributed by atoms with Crippen LogP contribution in [0.5, 0.6) is 11.5 Å². The number of nitrogens with zero attached hydrogens (tertiary/aromatic N) is 2. The van der Waals surface area contributed by atoms with E-state index >= 15 is 0 Å². The molecule has 2 N–H and O–H groups in total. The highest BCUT2D eigenvalue weighted by Gasteiger charge is 2.46. The van der Waals surface area contributed by atoms with Gasteiger partial charge in [0.2, 0.25) is 17.7 Å². The highest BCUT2D eigenvalue weighted by molar-refractivity contribution is 7.80. The minimum atomic E-state index is -1.15. The number of hydrogen-bond acceptors (Lipinski definition) is 7. The molecule has 3 aromatic carbocycles. The largest absolute Gasteiger partial charge is 0.457 e. The van der Waals surface area contributed by atoms with Crippen LogP contribution >= 0.6 is 12.6 Å². The summed E-state index contributed by atoms with van der Waals surface area (Å²) in [5.41, 5.74) is 0.371. The minimum Gasteiger partial charge on any atom is -0.457 e. The molecule has 41 heavy (non-hydrogen) atoms. The quantitative estimate of drug-likeness (QED) is 0.199. The highest BCUT2D eigenvalue weighted by atomic mass is 32.1. The molecule has 0 bridgehead atoms. The Morgan fingerprint density at radius 3 is 2.20 bits per heavy atom. The molecule has 1 heterocycles. The maximum atomic E-state index is 13.8. The first kappa shape index (κ1) is 29.6. The third kappa shape index (κ3) is 7.23. The zero-order valence-electron chi connectivity index (χ0n) is 22.9. The van der Waals surface area contributed by atoms with Crippen LogP contribution in [0.3, 0.4) is 0 Å². The van der Waals surface area contributed by atoms with E-state index in [1.54, 1.807) is 36.4 Å². The highest BCUT2D eigenvalue weighted by Crippen LogP contribution is 2.32. The summed E-state index contributed by atoms with van der Waals surface area (Å²) in [7, 11) is 0. The Morgan fingerprint density at radius 2 is 1.63 bits per heavy atom. The average Bonchev–Trinajstić information content (AvgIpc) is 2.93. The summed E-state index contributed by atoms with van der Waals surface area (Å²) in [6, 6.07) is 18.7. The first-order valence-corrected chi connectivity index (χ1v) is 13.7. The standard InChI is InChI=1S/C30H32N4O6S/c1-30(2,3)32-28(36)26(20-11-15-23(16-12-20)40-22-7-5-4-6-8-22)33-25(27(35)31-24(18-41)29(33)37)17-19-9-13-21(14-10-19)34(38)39/h4-16,24-26,41H,17-18H2,1-3H3,(H,31,35)(H,32,36)/t24-,25-,26?/m0/s1. The summed E-state index contributed by atoms with van der Waals surface area (Å²) in [5.74, 6) is -0.130. The number of piperazine rings is 1. The number of nitro groups is 1. The van der Waals surface area contributed by atoms with E-state index in [9.17, 15) is 24.5 Å². The number of carbonyl (C=O) groups excluding carboxylic acids is 3. The van der Waals surface area contributed by atoms with Crippen molar-refractivity contribution in [1.29, 1.82) is 0 Å². The maximum Gasteiger partial charge on any atom is 0.269 e. The van der Waals surface area contributed by atoms with Crippen LogP contribution in [0.1, 0.15) is 37.9 Å². The van der Waals surface area contributed by atoms with Gasteiger partial charge in [0.25, 0.3) is 5.69 Å². The molecular weight excluding hydrogens is 544 g/mol. The predicted octanol–water partition coefficient (Wildman–Crippen LogP) is 4.21. The van der Waals surface area contributed by atoms with Crippen LogP contribution in [0, 0.1) is 10.1 Å². The fourth-order valence-electron chi connectivity index (χ4n) is 4.61. The van der Waals surface area contributed by atoms with Crippen LogP contribution in [-0.4, -0.2) is 50.9 Å². The van der Waals surface area contributed by atoms with Crippen LogP contribution in [0.4, 0.5) is 5.69 Å². The Bertz CT molecular complexity index is 1410. The van der Waals surface area contributed by atoms with Crippen molar-refractivity contribution < 1.29 is 24.0 Å². The molecule has 0 aromatic heterocycles. The number of rotatable bonds is 9. The van der Waals surface area contributed by atoms with Gasteiger partial charge in [-0.3, -0.25) is 24.5 Å². The molecule has 3 amide bonds. The van der Waals surface area contributed by atoms with Crippen LogP contribution in [-0.2, 0) is 20.8 Å². The fourth-order valence-corrected chi connectivity index (χ4v) is 4.85. The van der Waals surface area contributed by atoms with Gasteiger partial charge in [-0.15, -0.1) is 0 Å². The van der Waals surface area contributed by atoms with Crippen molar-refractivity contribution in [3.05, 3.63) is 100 Å². The van der Waals surface area contributed by atoms with Crippen LogP contribution in [0.25, 0.3) is 0 Å². The number of para-hydroxylation sites is 1. The molecule has 4 rings (SSSR count). The van der Waals surface area contributed by atoms with E-state index in [1.165, 1.54) is 17.0 Å². The molecular formula is C30H32N4O6S. The van der Waals surface area contributed by atoms with Gasteiger partial charge in [0.15, 0.2) is 0 Å². The Morgan fingerprint density at radius 1 is 1.02 bits per heavy atom. The van der Waals surface area contributed by atoms with Gasteiger partial charge < -0.3 is 20.3 Å². The Kier molecular flexibility index (Phi) is 8.97. The zero-order chi connectivity index (χ0) is 29.7. The Hall–Kier alpha value is -4.38. The van der Waals surface area contributed by atoms with Crippen LogP contribution in [0.2, 0.25) is 0 Å². The molecule has 0 spiro atoms. The van der Waals surface area contributed by atoms with Crippen molar-refractivity contribution in [2.45, 2.75) is 50.9 Å². The van der Waals surface area contributed by atoms with Gasteiger partial charge in [0.1, 0.15) is 29.6 Å². The molecule has 1 fully saturated rings. The van der Waals surface area contributed by atoms with E-state index < -0.39 is 46.3 Å². The minimum absolute atomic E-state index is 0.0444. The van der Waals surface area contributed by atoms with E-state index in [0.29, 0.717) is 22.6 Å². The number of non-ortho nitro benzene ring substituents is 1. The van der Waals surface area contributed by atoms with Crippen LogP contribution in [0.15, 0.2) is 78.9 Å². The smallest absolute Gasteiger partial charge is 0.269 e. The summed E-state index contributed by atoms with van der Waals surface area (Å²) >= 11 is 4.26. The van der Waals surface area contributed by atoms with E-state index in [0.717, 1.165) is 0 Å². The molecule has 0 radical (unpaired) electrons. The summed E-state index contributed by atoms with van der Waals surface area (Å²) in [6.07, 6.45) is 0.0450. The first-order chi connectivity index (χ1) is 19.5. The van der Waals surface area contributed by atoms with E-state index in [-0.39, 0.29) is 17.9 Å². The summed E-state index contributed by atoms with van der Waals surface area (Å²) < 4.78 is 5.90. The van der Waals surface area contributed by atoms with Crippen LogP contribution < -0.4 is 15.4 Å². The molecule has 11 heteroatoms. The van der Waals surface area contributed by atoms with Crippen molar-refractivity contribution >= 4 is 36.0 Å². The summed E-state index contributed by atoms with van der Waals surface area (Å²) in [5, 5.41) is 16.8. The molecule has 1 aliphatic rings. The number of carbonyl (C=O) groups is 3. The second-order valence-corrected chi connectivity index (χ2v) is 11.1. The number of nitro benzene ring substituents is 1. The first-order valence-electron chi connectivity index (χ1n) is 13.1. The van der Waals surface area contributed by atoms with E-state index in [1.807, 2.05) is 51.1 Å². The monoisotopic (exact) mass is 576 g/mol. The van der Waals surface area contributed by atoms with Gasteiger partial charge in [-0.2, -0.15) is 12.6 Å². The Labute approximate surface area is 243 Å². The number of nitrogens with one attached hydrogen (secondary N) is 2. The van der Waals surface area contributed by atoms with Crippen molar-refractivity contribution in [1.82, 2.24) is 15.5 Å². The SMILES string of the molecule is CC(C)(C)NC(=O)C(c1ccc(Oc2ccccc2)cc1)N1C(=O)[C@H](CS)NC(=O)[C@@H]1Cc1ccc([N+](=O)[O-])cc1. The molecule has 1 unspecified atom stereocenters. The number of thiol groups is 1. The molecule has 3 aromatic rings. The average molecular weight is 577 g/mol. The van der Waals surface area contributed by atoms with Crippen molar-refractivity contribution in [2.75, 3.05) is 5.75 Å². The lowest BCUT2D eigenvalue weighted by Crippen LogP contribution is -2.66. The molecule has 0 saturated carbocycles. The maximum absolute atomic E-state index is 13.8. The topological polar surface area (TPSA) is 131 Å². The number of ether oxygens (including phenoxy) is 1. The zero-order valence-corrected chi connectivity index (χ0v) is 23.8. The molecule has 1 aliphatic heterocycles. The van der Waals surface area contributed by atoms with Gasteiger partial charge in [0, 0.05) is 29.8 Å². The van der Waals surface area contributed by atoms with Crippen molar-refractivity contribution in [2.24, 2.45) is 0 Å². The normalized spacial score (nSPS) is 17.9. The third-order valence-corrected chi connectivity index (χ3v) is 6.83. The van der Waals surface area contributed by atoms with Crippen molar-refractivity contribution in [3.63, 3.8) is 0 Å². The van der Waals surface area contributed by atoms with Gasteiger partial charge >= 0.3 is 0 Å². The molecule has 10 nitrogen and oxygen atoms in total. The van der Waals surface area contributed by atoms with E-state index in [2.05, 4.69) is 23.3 Å². The third-order valence-electron chi connectivity index (χ3n) is 6.47. The second-order valence-electron chi connectivity index (χ2n) is 10.8. The van der Waals surface area contributed by atoms with Gasteiger partial charge in [-0.25, -0.2) is 0 Å². The predicted molar refractivity (Wildman–Crippen MR) is 157 cm³/mol. The number of benzene rings is 3. The van der Waals surface area contributed by atoms with Gasteiger partial charge in [-0.1, -0.05) is 42.5 Å². The lowest BCUT2D eigenvalue weighted by molar-refractivity contribution is -0.384. The molecule has 214 valence electrons. The summed E-state index contributed by atoms with van der Waals surface area (Å²) in [6.45, 7) is 5.48. The van der Waals surface area contributed by atoms with Crippen molar-refractivity contribution in [3.8, 4) is 11.5 Å². The lowest BCUT2D eigenvalue weighted by atomic mass is 9.93.